The lowest BCUT2D eigenvalue weighted by molar-refractivity contribution is -0.116. The molecule has 1 atom stereocenters. The van der Waals surface area contributed by atoms with Crippen molar-refractivity contribution in [3.8, 4) is 0 Å². The van der Waals surface area contributed by atoms with E-state index in [4.69, 9.17) is 16.0 Å². The number of ketones is 1. The lowest BCUT2D eigenvalue weighted by atomic mass is 9.98. The summed E-state index contributed by atoms with van der Waals surface area (Å²) in [6.07, 6.45) is 5.62. The normalized spacial score (nSPS) is 22.6. The molecular formula is C18H31ClO3Si. The second-order valence-electron chi connectivity index (χ2n) is 8.05. The Bertz CT molecular complexity index is 479. The van der Waals surface area contributed by atoms with Crippen LogP contribution in [-0.2, 0) is 14.0 Å². The van der Waals surface area contributed by atoms with Crippen LogP contribution in [0.1, 0.15) is 79.6 Å². The molecule has 1 aliphatic carbocycles. The molecule has 0 saturated carbocycles. The summed E-state index contributed by atoms with van der Waals surface area (Å²) in [5.74, 6) is 0.254. The van der Waals surface area contributed by atoms with Gasteiger partial charge in [-0.25, -0.2) is 0 Å². The van der Waals surface area contributed by atoms with Crippen LogP contribution in [0.3, 0.4) is 0 Å². The maximum absolute atomic E-state index is 12.3. The number of Topliss-reactive ketones (excluding diaryl/α,β-unsaturated/α-hetero) is 1. The van der Waals surface area contributed by atoms with Crippen molar-refractivity contribution in [2.75, 3.05) is 0 Å². The second-order valence-corrected chi connectivity index (χ2v) is 11.2. The second kappa shape index (κ2) is 8.59. The van der Waals surface area contributed by atoms with Crippen molar-refractivity contribution < 1.29 is 14.0 Å². The highest BCUT2D eigenvalue weighted by atomic mass is 35.5. The van der Waals surface area contributed by atoms with E-state index in [1.165, 1.54) is 0 Å². The Kier molecular flexibility index (Phi) is 7.69. The van der Waals surface area contributed by atoms with Crippen molar-refractivity contribution in [3.63, 3.8) is 0 Å². The molecule has 1 rings (SSSR count). The molecule has 3 nitrogen and oxygen atoms in total. The Morgan fingerprint density at radius 2 is 1.87 bits per heavy atom. The van der Waals surface area contributed by atoms with Gasteiger partial charge in [0.1, 0.15) is 0 Å². The smallest absolute Gasteiger partial charge is 0.221 e. The molecule has 0 aliphatic heterocycles. The van der Waals surface area contributed by atoms with E-state index in [-0.39, 0.29) is 21.7 Å². The summed E-state index contributed by atoms with van der Waals surface area (Å²) in [5, 5.41) is -0.0277. The highest BCUT2D eigenvalue weighted by molar-refractivity contribution is 6.63. The van der Waals surface area contributed by atoms with E-state index in [0.717, 1.165) is 43.3 Å². The summed E-state index contributed by atoms with van der Waals surface area (Å²) in [7, 11) is -0.683. The van der Waals surface area contributed by atoms with E-state index in [1.54, 1.807) is 0 Å². The van der Waals surface area contributed by atoms with Crippen LogP contribution in [0.5, 0.6) is 0 Å². The number of hydrogen-bond donors (Lipinski definition) is 0. The van der Waals surface area contributed by atoms with Gasteiger partial charge in [0.2, 0.25) is 5.24 Å². The van der Waals surface area contributed by atoms with Gasteiger partial charge < -0.3 is 4.43 Å². The molecule has 0 N–H and O–H groups in total. The summed E-state index contributed by atoms with van der Waals surface area (Å²) >= 11 is 5.32. The molecule has 1 aliphatic rings. The quantitative estimate of drug-likeness (QED) is 0.347. The molecule has 0 aromatic rings. The van der Waals surface area contributed by atoms with Crippen molar-refractivity contribution in [1.82, 2.24) is 0 Å². The van der Waals surface area contributed by atoms with Crippen LogP contribution in [-0.4, -0.2) is 26.4 Å². The lowest BCUT2D eigenvalue weighted by Gasteiger charge is -2.30. The maximum atomic E-state index is 12.3. The van der Waals surface area contributed by atoms with Crippen molar-refractivity contribution in [3.05, 3.63) is 11.1 Å². The van der Waals surface area contributed by atoms with Gasteiger partial charge in [0.25, 0.3) is 0 Å². The Morgan fingerprint density at radius 3 is 2.43 bits per heavy atom. The molecule has 0 fully saturated rings. The Labute approximate surface area is 148 Å². The average Bonchev–Trinajstić information content (AvgIpc) is 2.63. The fraction of sp³-hybridized carbons (Fsp3) is 0.778. The number of unbranched alkanes of at least 4 members (excludes halogenated alkanes) is 3. The topological polar surface area (TPSA) is 43.4 Å². The monoisotopic (exact) mass is 358 g/mol. The van der Waals surface area contributed by atoms with Crippen LogP contribution < -0.4 is 0 Å². The van der Waals surface area contributed by atoms with Gasteiger partial charge in [-0.1, -0.05) is 33.6 Å². The van der Waals surface area contributed by atoms with Crippen LogP contribution in [0.2, 0.25) is 5.04 Å². The molecular weight excluding hydrogens is 328 g/mol. The van der Waals surface area contributed by atoms with Gasteiger partial charge in [-0.05, 0) is 60.9 Å². The number of rotatable bonds is 9. The third-order valence-corrected chi connectivity index (χ3v) is 6.29. The van der Waals surface area contributed by atoms with E-state index < -0.39 is 9.76 Å². The predicted octanol–water partition coefficient (Wildman–Crippen LogP) is 4.46. The van der Waals surface area contributed by atoms with Crippen LogP contribution >= 0.6 is 11.6 Å². The standard InChI is InChI=1S/C18H31ClO3Si/c1-13-14(10-8-6-7-9-11-16(19)21)15(20)12-18(13,5)22-23-17(2,3)4/h6-12,23H2,1-5H3. The van der Waals surface area contributed by atoms with E-state index in [0.29, 0.717) is 12.8 Å². The molecule has 0 aromatic carbocycles. The SMILES string of the molecule is CC1=C(CCCCCCC(=O)Cl)C(=O)CC1(C)O[SiH2]C(C)(C)C. The van der Waals surface area contributed by atoms with E-state index in [2.05, 4.69) is 34.6 Å². The van der Waals surface area contributed by atoms with Gasteiger partial charge in [-0.3, -0.25) is 9.59 Å². The minimum Gasteiger partial charge on any atom is -0.414 e. The number of carbonyl (C=O) groups is 2. The summed E-state index contributed by atoms with van der Waals surface area (Å²) in [6, 6.07) is 0. The van der Waals surface area contributed by atoms with Crippen LogP contribution in [0.25, 0.3) is 0 Å². The van der Waals surface area contributed by atoms with Gasteiger partial charge in [-0.2, -0.15) is 0 Å². The van der Waals surface area contributed by atoms with Gasteiger partial charge in [0.15, 0.2) is 15.5 Å². The Hall–Kier alpha value is -0.453. The zero-order valence-corrected chi connectivity index (χ0v) is 17.4. The molecule has 0 heterocycles. The molecule has 0 aromatic heterocycles. The summed E-state index contributed by atoms with van der Waals surface area (Å²) < 4.78 is 6.25. The first kappa shape index (κ1) is 20.6. The lowest BCUT2D eigenvalue weighted by Crippen LogP contribution is -2.32. The first-order chi connectivity index (χ1) is 10.6. The molecule has 0 spiro atoms. The van der Waals surface area contributed by atoms with E-state index in [9.17, 15) is 9.59 Å². The molecule has 0 radical (unpaired) electrons. The van der Waals surface area contributed by atoms with Gasteiger partial charge >= 0.3 is 0 Å². The fourth-order valence-electron chi connectivity index (χ4n) is 2.86. The minimum atomic E-state index is -0.683. The third kappa shape index (κ3) is 6.90. The highest BCUT2D eigenvalue weighted by Gasteiger charge is 2.40. The van der Waals surface area contributed by atoms with Gasteiger partial charge in [0.05, 0.1) is 5.60 Å². The zero-order chi connectivity index (χ0) is 17.7. The molecule has 0 bridgehead atoms. The zero-order valence-electron chi connectivity index (χ0n) is 15.3. The number of carbonyl (C=O) groups excluding carboxylic acids is 2. The van der Waals surface area contributed by atoms with E-state index in [1.807, 2.05) is 0 Å². The van der Waals surface area contributed by atoms with Crippen LogP contribution in [0.15, 0.2) is 11.1 Å². The van der Waals surface area contributed by atoms with Crippen molar-refractivity contribution in [1.29, 1.82) is 0 Å². The van der Waals surface area contributed by atoms with Gasteiger partial charge in [0, 0.05) is 12.8 Å². The maximum Gasteiger partial charge on any atom is 0.221 e. The van der Waals surface area contributed by atoms with Crippen molar-refractivity contribution >= 4 is 32.4 Å². The first-order valence-electron chi connectivity index (χ1n) is 8.61. The number of halogens is 1. The predicted molar refractivity (Wildman–Crippen MR) is 98.6 cm³/mol. The van der Waals surface area contributed by atoms with Crippen LogP contribution in [0, 0.1) is 0 Å². The molecule has 132 valence electrons. The summed E-state index contributed by atoms with van der Waals surface area (Å²) in [6.45, 7) is 10.7. The number of hydrogen-bond acceptors (Lipinski definition) is 3. The fourth-order valence-corrected chi connectivity index (χ4v) is 4.06. The van der Waals surface area contributed by atoms with Crippen molar-refractivity contribution in [2.24, 2.45) is 0 Å². The van der Waals surface area contributed by atoms with Crippen molar-refractivity contribution in [2.45, 2.75) is 90.2 Å². The summed E-state index contributed by atoms with van der Waals surface area (Å²) in [4.78, 5) is 23.0. The molecule has 0 saturated heterocycles. The molecule has 5 heteroatoms. The van der Waals surface area contributed by atoms with Crippen LogP contribution in [0.4, 0.5) is 0 Å². The average molecular weight is 359 g/mol. The Balaban J connectivity index is 2.50. The molecule has 23 heavy (non-hydrogen) atoms. The van der Waals surface area contributed by atoms with E-state index >= 15 is 0 Å². The largest absolute Gasteiger partial charge is 0.414 e. The minimum absolute atomic E-state index is 0.231. The number of allylic oxidation sites excluding steroid dienone is 1. The Morgan fingerprint density at radius 1 is 1.26 bits per heavy atom. The molecule has 1 unspecified atom stereocenters. The first-order valence-corrected chi connectivity index (χ1v) is 10.3. The molecule has 0 amide bonds. The summed E-state index contributed by atoms with van der Waals surface area (Å²) in [5.41, 5.74) is 1.73. The highest BCUT2D eigenvalue weighted by Crippen LogP contribution is 2.39. The van der Waals surface area contributed by atoms with Gasteiger partial charge in [-0.15, -0.1) is 0 Å². The third-order valence-electron chi connectivity index (χ3n) is 4.45.